The van der Waals surface area contributed by atoms with E-state index in [1.54, 1.807) is 6.92 Å². The zero-order chi connectivity index (χ0) is 18.7. The first-order valence-corrected chi connectivity index (χ1v) is 9.58. The van der Waals surface area contributed by atoms with Gasteiger partial charge in [-0.3, -0.25) is 4.79 Å². The van der Waals surface area contributed by atoms with Crippen LogP contribution in [-0.2, 0) is 10.0 Å². The largest absolute Gasteiger partial charge is 0.346 e. The van der Waals surface area contributed by atoms with E-state index in [0.29, 0.717) is 18.7 Å². The minimum atomic E-state index is -3.71. The van der Waals surface area contributed by atoms with Gasteiger partial charge in [-0.05, 0) is 37.5 Å². The van der Waals surface area contributed by atoms with Gasteiger partial charge in [0.15, 0.2) is 0 Å². The molecule has 0 aliphatic carbocycles. The van der Waals surface area contributed by atoms with Crippen LogP contribution in [0.15, 0.2) is 23.1 Å². The number of rotatable bonds is 6. The van der Waals surface area contributed by atoms with Crippen LogP contribution in [0.5, 0.6) is 0 Å². The molecule has 25 heavy (non-hydrogen) atoms. The molecule has 0 spiro atoms. The number of hydrogen-bond donors (Lipinski definition) is 2. The Hall–Kier alpha value is -1.58. The summed E-state index contributed by atoms with van der Waals surface area (Å²) in [5.41, 5.74) is 5.46. The summed E-state index contributed by atoms with van der Waals surface area (Å²) in [5, 5.41) is 2.09. The van der Waals surface area contributed by atoms with Crippen LogP contribution in [0, 0.1) is 6.92 Å². The summed E-state index contributed by atoms with van der Waals surface area (Å²) in [4.78, 5) is 12.1. The maximum absolute atomic E-state index is 13.2. The molecule has 1 fully saturated rings. The van der Waals surface area contributed by atoms with Crippen LogP contribution in [0.2, 0.25) is 0 Å². The van der Waals surface area contributed by atoms with Crippen molar-refractivity contribution in [2.24, 2.45) is 5.73 Å². The van der Waals surface area contributed by atoms with Gasteiger partial charge in [0, 0.05) is 18.7 Å². The van der Waals surface area contributed by atoms with Crippen LogP contribution in [0.3, 0.4) is 0 Å². The van der Waals surface area contributed by atoms with E-state index in [1.807, 2.05) is 0 Å². The Balaban J connectivity index is 2.23. The highest BCUT2D eigenvalue weighted by molar-refractivity contribution is 7.89. The van der Waals surface area contributed by atoms with E-state index in [2.05, 4.69) is 5.32 Å². The lowest BCUT2D eigenvalue weighted by atomic mass is 10.1. The lowest BCUT2D eigenvalue weighted by molar-refractivity contribution is 0.0118. The van der Waals surface area contributed by atoms with E-state index >= 15 is 0 Å². The number of nitrogens with zero attached hydrogens (tertiary/aromatic N) is 1. The van der Waals surface area contributed by atoms with Gasteiger partial charge in [-0.25, -0.2) is 17.2 Å². The van der Waals surface area contributed by atoms with Crippen molar-refractivity contribution in [3.63, 3.8) is 0 Å². The highest BCUT2D eigenvalue weighted by Gasteiger charge is 2.29. The zero-order valence-corrected chi connectivity index (χ0v) is 14.9. The second kappa shape index (κ2) is 7.76. The topological polar surface area (TPSA) is 92.5 Å². The smallest absolute Gasteiger partial charge is 0.277 e. The van der Waals surface area contributed by atoms with E-state index in [9.17, 15) is 22.0 Å². The molecule has 140 valence electrons. The van der Waals surface area contributed by atoms with Crippen molar-refractivity contribution in [1.82, 2.24) is 9.62 Å². The van der Waals surface area contributed by atoms with Gasteiger partial charge in [-0.1, -0.05) is 12.5 Å². The number of amides is 1. The summed E-state index contributed by atoms with van der Waals surface area (Å²) in [6.07, 6.45) is 2.59. The number of hydrogen-bond acceptors (Lipinski definition) is 4. The third-order valence-electron chi connectivity index (χ3n) is 4.19. The second-order valence-corrected chi connectivity index (χ2v) is 8.09. The van der Waals surface area contributed by atoms with Crippen LogP contribution < -0.4 is 11.1 Å². The first-order valence-electron chi connectivity index (χ1n) is 8.14. The molecule has 0 aromatic heterocycles. The number of alkyl halides is 2. The third-order valence-corrected chi connectivity index (χ3v) is 6.23. The van der Waals surface area contributed by atoms with Gasteiger partial charge in [-0.15, -0.1) is 0 Å². The van der Waals surface area contributed by atoms with Crippen molar-refractivity contribution in [2.45, 2.75) is 37.0 Å². The van der Waals surface area contributed by atoms with Gasteiger partial charge in [0.1, 0.15) is 0 Å². The monoisotopic (exact) mass is 375 g/mol. The number of benzene rings is 1. The molecule has 9 heteroatoms. The molecular formula is C16H23F2N3O3S. The molecule has 0 bridgehead atoms. The van der Waals surface area contributed by atoms with Gasteiger partial charge >= 0.3 is 0 Å². The SMILES string of the molecule is Cc1ccc(C(=O)NCC(F)(F)CN)cc1S(=O)(=O)N1CCCCC1. The molecule has 1 aromatic carbocycles. The van der Waals surface area contributed by atoms with E-state index < -0.39 is 34.9 Å². The summed E-state index contributed by atoms with van der Waals surface area (Å²) in [7, 11) is -3.71. The molecule has 3 N–H and O–H groups in total. The normalized spacial score (nSPS) is 16.6. The van der Waals surface area contributed by atoms with Gasteiger partial charge in [0.05, 0.1) is 18.0 Å². The Kier molecular flexibility index (Phi) is 6.12. The predicted molar refractivity (Wildman–Crippen MR) is 90.1 cm³/mol. The van der Waals surface area contributed by atoms with E-state index in [0.717, 1.165) is 19.3 Å². The lowest BCUT2D eigenvalue weighted by Gasteiger charge is -2.26. The number of nitrogens with two attached hydrogens (primary N) is 1. The fourth-order valence-corrected chi connectivity index (χ4v) is 4.42. The van der Waals surface area contributed by atoms with Crippen LogP contribution in [0.1, 0.15) is 35.2 Å². The number of halogens is 2. The van der Waals surface area contributed by atoms with Crippen LogP contribution in [0.4, 0.5) is 8.78 Å². The maximum Gasteiger partial charge on any atom is 0.277 e. The summed E-state index contributed by atoms with van der Waals surface area (Å²) in [6.45, 7) is 0.753. The fourth-order valence-electron chi connectivity index (χ4n) is 2.65. The predicted octanol–water partition coefficient (Wildman–Crippen LogP) is 1.49. The Morgan fingerprint density at radius 3 is 2.52 bits per heavy atom. The Labute approximate surface area is 146 Å². The molecule has 1 aliphatic rings. The highest BCUT2D eigenvalue weighted by Crippen LogP contribution is 2.24. The van der Waals surface area contributed by atoms with E-state index in [4.69, 9.17) is 5.73 Å². The van der Waals surface area contributed by atoms with Crippen molar-refractivity contribution in [1.29, 1.82) is 0 Å². The average molecular weight is 375 g/mol. The molecule has 1 heterocycles. The van der Waals surface area contributed by atoms with Crippen molar-refractivity contribution in [2.75, 3.05) is 26.2 Å². The summed E-state index contributed by atoms with van der Waals surface area (Å²) in [6, 6.07) is 4.17. The second-order valence-electron chi connectivity index (χ2n) is 6.19. The summed E-state index contributed by atoms with van der Waals surface area (Å²) < 4.78 is 53.3. The van der Waals surface area contributed by atoms with E-state index in [1.165, 1.54) is 22.5 Å². The van der Waals surface area contributed by atoms with Gasteiger partial charge in [-0.2, -0.15) is 4.31 Å². The third kappa shape index (κ3) is 4.74. The molecule has 1 saturated heterocycles. The molecule has 0 unspecified atom stereocenters. The van der Waals surface area contributed by atoms with Crippen LogP contribution >= 0.6 is 0 Å². The molecule has 2 rings (SSSR count). The molecule has 1 aromatic rings. The molecule has 0 saturated carbocycles. The molecule has 0 radical (unpaired) electrons. The highest BCUT2D eigenvalue weighted by atomic mass is 32.2. The van der Waals surface area contributed by atoms with Crippen molar-refractivity contribution in [3.8, 4) is 0 Å². The van der Waals surface area contributed by atoms with Crippen LogP contribution in [-0.4, -0.2) is 50.7 Å². The molecule has 6 nitrogen and oxygen atoms in total. The number of carbonyl (C=O) groups excluding carboxylic acids is 1. The van der Waals surface area contributed by atoms with Crippen LogP contribution in [0.25, 0.3) is 0 Å². The lowest BCUT2D eigenvalue weighted by Crippen LogP contribution is -2.41. The van der Waals surface area contributed by atoms with Gasteiger partial charge in [0.2, 0.25) is 10.0 Å². The fraction of sp³-hybridized carbons (Fsp3) is 0.562. The zero-order valence-electron chi connectivity index (χ0n) is 14.1. The quantitative estimate of drug-likeness (QED) is 0.788. The number of aryl methyl sites for hydroxylation is 1. The summed E-state index contributed by atoms with van der Waals surface area (Å²) in [5.74, 6) is -3.97. The minimum absolute atomic E-state index is 0.0222. The number of nitrogens with one attached hydrogen (secondary N) is 1. The Morgan fingerprint density at radius 1 is 1.28 bits per heavy atom. The molecular weight excluding hydrogens is 352 g/mol. The summed E-state index contributed by atoms with van der Waals surface area (Å²) >= 11 is 0. The first-order chi connectivity index (χ1) is 11.7. The number of piperidine rings is 1. The maximum atomic E-state index is 13.2. The van der Waals surface area contributed by atoms with Crippen molar-refractivity contribution >= 4 is 15.9 Å². The van der Waals surface area contributed by atoms with Crippen molar-refractivity contribution < 1.29 is 22.0 Å². The number of sulfonamides is 1. The number of carbonyl (C=O) groups is 1. The molecule has 1 amide bonds. The standard InChI is InChI=1S/C16H23F2N3O3S/c1-12-5-6-13(15(22)20-11-16(17,18)10-19)9-14(12)25(23,24)21-7-3-2-4-8-21/h5-6,9H,2-4,7-8,10-11,19H2,1H3,(H,20,22). The van der Waals surface area contributed by atoms with Gasteiger partial charge < -0.3 is 11.1 Å². The average Bonchev–Trinajstić information content (AvgIpc) is 2.60. The Bertz CT molecular complexity index is 732. The first kappa shape index (κ1) is 19.7. The van der Waals surface area contributed by atoms with E-state index in [-0.39, 0.29) is 10.5 Å². The minimum Gasteiger partial charge on any atom is -0.346 e. The molecule has 1 aliphatic heterocycles. The van der Waals surface area contributed by atoms with Gasteiger partial charge in [0.25, 0.3) is 11.8 Å². The molecule has 0 atom stereocenters. The van der Waals surface area contributed by atoms with Crippen molar-refractivity contribution in [3.05, 3.63) is 29.3 Å². The Morgan fingerprint density at radius 2 is 1.92 bits per heavy atom.